The molecule has 2 aliphatic rings. The number of nitro groups is 1. The SMILES string of the molecule is O=[N+]([O-])c1cc(Cl)c(OC2CC(O)C23CCCC3)c(Cl)c1. The summed E-state index contributed by atoms with van der Waals surface area (Å²) in [4.78, 5) is 10.2. The lowest BCUT2D eigenvalue weighted by Gasteiger charge is -2.51. The van der Waals surface area contributed by atoms with Gasteiger partial charge in [0.05, 0.1) is 21.1 Å². The molecule has 2 atom stereocenters. The van der Waals surface area contributed by atoms with Crippen LogP contribution in [-0.4, -0.2) is 22.2 Å². The maximum absolute atomic E-state index is 10.8. The number of nitro benzene ring substituents is 1. The van der Waals surface area contributed by atoms with E-state index in [4.69, 9.17) is 27.9 Å². The van der Waals surface area contributed by atoms with E-state index in [1.165, 1.54) is 12.1 Å². The molecule has 2 unspecified atom stereocenters. The number of hydrogen-bond donors (Lipinski definition) is 1. The van der Waals surface area contributed by atoms with Crippen LogP contribution in [0, 0.1) is 15.5 Å². The van der Waals surface area contributed by atoms with E-state index in [1.807, 2.05) is 0 Å². The summed E-state index contributed by atoms with van der Waals surface area (Å²) in [6.07, 6.45) is 4.09. The lowest BCUT2D eigenvalue weighted by Crippen LogP contribution is -2.58. The summed E-state index contributed by atoms with van der Waals surface area (Å²) < 4.78 is 5.91. The highest BCUT2D eigenvalue weighted by molar-refractivity contribution is 6.37. The Bertz CT molecular complexity index is 563. The molecule has 2 saturated carbocycles. The number of nitrogens with zero attached hydrogens (tertiary/aromatic N) is 1. The molecule has 0 amide bonds. The van der Waals surface area contributed by atoms with Crippen LogP contribution in [0.4, 0.5) is 5.69 Å². The van der Waals surface area contributed by atoms with Crippen molar-refractivity contribution in [1.29, 1.82) is 0 Å². The number of benzene rings is 1. The number of halogens is 2. The predicted molar refractivity (Wildman–Crippen MR) is 79.1 cm³/mol. The molecule has 1 aromatic rings. The van der Waals surface area contributed by atoms with Gasteiger partial charge < -0.3 is 9.84 Å². The molecule has 2 aliphatic carbocycles. The number of hydrogen-bond acceptors (Lipinski definition) is 4. The zero-order valence-electron chi connectivity index (χ0n) is 11.2. The number of rotatable bonds is 3. The van der Waals surface area contributed by atoms with Gasteiger partial charge in [-0.3, -0.25) is 10.1 Å². The number of aliphatic hydroxyl groups is 1. The summed E-state index contributed by atoms with van der Waals surface area (Å²) in [7, 11) is 0. The molecule has 0 aromatic heterocycles. The molecule has 21 heavy (non-hydrogen) atoms. The monoisotopic (exact) mass is 331 g/mol. The number of non-ortho nitro benzene ring substituents is 1. The molecule has 1 N–H and O–H groups in total. The first-order chi connectivity index (χ1) is 9.94. The van der Waals surface area contributed by atoms with Crippen molar-refractivity contribution in [2.24, 2.45) is 5.41 Å². The molecule has 3 rings (SSSR count). The van der Waals surface area contributed by atoms with Gasteiger partial charge in [0.2, 0.25) is 0 Å². The molecular weight excluding hydrogens is 317 g/mol. The van der Waals surface area contributed by atoms with Gasteiger partial charge in [-0.05, 0) is 12.8 Å². The molecule has 0 bridgehead atoms. The normalized spacial score (nSPS) is 26.6. The van der Waals surface area contributed by atoms with E-state index in [9.17, 15) is 15.2 Å². The molecular formula is C14H15Cl2NO4. The topological polar surface area (TPSA) is 72.6 Å². The fourth-order valence-corrected chi connectivity index (χ4v) is 4.05. The largest absolute Gasteiger partial charge is 0.487 e. The van der Waals surface area contributed by atoms with Gasteiger partial charge in [-0.25, -0.2) is 0 Å². The van der Waals surface area contributed by atoms with Gasteiger partial charge in [-0.15, -0.1) is 0 Å². The van der Waals surface area contributed by atoms with E-state index in [2.05, 4.69) is 0 Å². The Labute approximate surface area is 132 Å². The van der Waals surface area contributed by atoms with Crippen LogP contribution in [-0.2, 0) is 0 Å². The van der Waals surface area contributed by atoms with Gasteiger partial charge in [-0.1, -0.05) is 36.0 Å². The van der Waals surface area contributed by atoms with Crippen molar-refractivity contribution < 1.29 is 14.8 Å². The summed E-state index contributed by atoms with van der Waals surface area (Å²) in [6.45, 7) is 0. The molecule has 7 heteroatoms. The summed E-state index contributed by atoms with van der Waals surface area (Å²) in [6, 6.07) is 2.47. The average molecular weight is 332 g/mol. The molecule has 2 fully saturated rings. The van der Waals surface area contributed by atoms with Crippen LogP contribution < -0.4 is 4.74 Å². The van der Waals surface area contributed by atoms with Crippen molar-refractivity contribution in [3.8, 4) is 5.75 Å². The van der Waals surface area contributed by atoms with Crippen LogP contribution in [0.2, 0.25) is 10.0 Å². The highest BCUT2D eigenvalue weighted by Gasteiger charge is 2.57. The van der Waals surface area contributed by atoms with Crippen LogP contribution in [0.25, 0.3) is 0 Å². The zero-order valence-corrected chi connectivity index (χ0v) is 12.7. The van der Waals surface area contributed by atoms with E-state index >= 15 is 0 Å². The van der Waals surface area contributed by atoms with Crippen LogP contribution in [0.15, 0.2) is 12.1 Å². The van der Waals surface area contributed by atoms with E-state index in [0.717, 1.165) is 25.7 Å². The van der Waals surface area contributed by atoms with Crippen molar-refractivity contribution >= 4 is 28.9 Å². The molecule has 114 valence electrons. The minimum Gasteiger partial charge on any atom is -0.487 e. The minimum atomic E-state index is -0.549. The third-order valence-corrected chi connectivity index (χ3v) is 5.29. The fraction of sp³-hybridized carbons (Fsp3) is 0.571. The van der Waals surface area contributed by atoms with Gasteiger partial charge in [0, 0.05) is 24.0 Å². The Balaban J connectivity index is 1.84. The summed E-state index contributed by atoms with van der Waals surface area (Å²) in [5.74, 6) is 0.270. The van der Waals surface area contributed by atoms with E-state index in [1.54, 1.807) is 0 Å². The maximum atomic E-state index is 10.8. The van der Waals surface area contributed by atoms with Gasteiger partial charge >= 0.3 is 0 Å². The second-order valence-electron chi connectivity index (χ2n) is 5.79. The van der Waals surface area contributed by atoms with E-state index in [0.29, 0.717) is 6.42 Å². The van der Waals surface area contributed by atoms with Crippen LogP contribution in [0.1, 0.15) is 32.1 Å². The van der Waals surface area contributed by atoms with Crippen LogP contribution in [0.3, 0.4) is 0 Å². The molecule has 1 spiro atoms. The van der Waals surface area contributed by atoms with Crippen LogP contribution in [0.5, 0.6) is 5.75 Å². The number of aliphatic hydroxyl groups excluding tert-OH is 1. The number of ether oxygens (including phenoxy) is 1. The first-order valence-electron chi connectivity index (χ1n) is 6.92. The second-order valence-corrected chi connectivity index (χ2v) is 6.61. The van der Waals surface area contributed by atoms with Crippen LogP contribution >= 0.6 is 23.2 Å². The van der Waals surface area contributed by atoms with Gasteiger partial charge in [0.1, 0.15) is 6.10 Å². The Morgan fingerprint density at radius 3 is 2.33 bits per heavy atom. The fourth-order valence-electron chi connectivity index (χ4n) is 3.49. The highest BCUT2D eigenvalue weighted by Crippen LogP contribution is 2.55. The lowest BCUT2D eigenvalue weighted by atomic mass is 9.62. The smallest absolute Gasteiger partial charge is 0.272 e. The third kappa shape index (κ3) is 2.37. The lowest BCUT2D eigenvalue weighted by molar-refractivity contribution is -0.384. The minimum absolute atomic E-state index is 0.128. The Kier molecular flexibility index (Phi) is 3.76. The molecule has 1 aromatic carbocycles. The first kappa shape index (κ1) is 14.9. The van der Waals surface area contributed by atoms with E-state index < -0.39 is 4.92 Å². The Hall–Kier alpha value is -1.04. The second kappa shape index (κ2) is 5.30. The summed E-state index contributed by atoms with van der Waals surface area (Å²) in [5, 5.41) is 21.1. The quantitative estimate of drug-likeness (QED) is 0.671. The van der Waals surface area contributed by atoms with Crippen molar-refractivity contribution in [2.45, 2.75) is 44.3 Å². The third-order valence-electron chi connectivity index (χ3n) is 4.73. The summed E-state index contributed by atoms with van der Waals surface area (Å²) >= 11 is 12.1. The Morgan fingerprint density at radius 2 is 1.86 bits per heavy atom. The van der Waals surface area contributed by atoms with Crippen molar-refractivity contribution in [1.82, 2.24) is 0 Å². The van der Waals surface area contributed by atoms with E-state index in [-0.39, 0.29) is 39.1 Å². The molecule has 0 aliphatic heterocycles. The van der Waals surface area contributed by atoms with Crippen molar-refractivity contribution in [3.05, 3.63) is 32.3 Å². The van der Waals surface area contributed by atoms with Gasteiger partial charge in [-0.2, -0.15) is 0 Å². The zero-order chi connectivity index (χ0) is 15.2. The highest BCUT2D eigenvalue weighted by atomic mass is 35.5. The van der Waals surface area contributed by atoms with Crippen molar-refractivity contribution in [2.75, 3.05) is 0 Å². The molecule has 5 nitrogen and oxygen atoms in total. The Morgan fingerprint density at radius 1 is 1.29 bits per heavy atom. The van der Waals surface area contributed by atoms with Gasteiger partial charge in [0.15, 0.2) is 5.75 Å². The first-order valence-corrected chi connectivity index (χ1v) is 7.68. The maximum Gasteiger partial charge on any atom is 0.272 e. The van der Waals surface area contributed by atoms with Gasteiger partial charge in [0.25, 0.3) is 5.69 Å². The molecule has 0 radical (unpaired) electrons. The molecule has 0 heterocycles. The van der Waals surface area contributed by atoms with Crippen molar-refractivity contribution in [3.63, 3.8) is 0 Å². The standard InChI is InChI=1S/C14H15Cl2NO4/c15-9-5-8(17(19)20)6-10(16)13(9)21-12-7-11(18)14(12)3-1-2-4-14/h5-6,11-12,18H,1-4,7H2. The average Bonchev–Trinajstić information content (AvgIpc) is 2.93. The molecule has 0 saturated heterocycles. The summed E-state index contributed by atoms with van der Waals surface area (Å²) in [5.41, 5.74) is -0.365. The predicted octanol–water partition coefficient (Wildman–Crippen LogP) is 3.97.